The first-order valence-corrected chi connectivity index (χ1v) is 9.42. The number of allylic oxidation sites excluding steroid dienone is 2. The van der Waals surface area contributed by atoms with Crippen LogP contribution in [0.1, 0.15) is 36.5 Å². The largest absolute Gasteiger partial charge is 0.447 e. The molecule has 7 heteroatoms. The van der Waals surface area contributed by atoms with E-state index in [1.165, 1.54) is 12.1 Å². The van der Waals surface area contributed by atoms with Crippen molar-refractivity contribution in [2.75, 3.05) is 5.32 Å². The van der Waals surface area contributed by atoms with Gasteiger partial charge in [-0.25, -0.2) is 0 Å². The molecule has 0 fully saturated rings. The molecule has 0 aromatic heterocycles. The average molecular weight is 394 g/mol. The zero-order chi connectivity index (χ0) is 20.8. The lowest BCUT2D eigenvalue weighted by molar-refractivity contribution is -0.384. The summed E-state index contributed by atoms with van der Waals surface area (Å²) in [7, 11) is 0. The molecule has 2 atom stereocenters. The molecule has 0 spiro atoms. The number of nitro groups is 1. The van der Waals surface area contributed by atoms with Crippen LogP contribution in [0.15, 0.2) is 60.7 Å². The molecule has 1 amide bonds. The van der Waals surface area contributed by atoms with Crippen molar-refractivity contribution in [3.63, 3.8) is 0 Å². The van der Waals surface area contributed by atoms with Crippen molar-refractivity contribution >= 4 is 23.3 Å². The van der Waals surface area contributed by atoms with E-state index in [2.05, 4.69) is 5.32 Å². The number of benzene rings is 2. The van der Waals surface area contributed by atoms with Crippen LogP contribution in [0.5, 0.6) is 0 Å². The number of carbonyl (C=O) groups excluding carboxylic acids is 2. The number of amides is 1. The molecule has 150 valence electrons. The van der Waals surface area contributed by atoms with Gasteiger partial charge in [-0.05, 0) is 37.8 Å². The Morgan fingerprint density at radius 1 is 1.17 bits per heavy atom. The van der Waals surface area contributed by atoms with Gasteiger partial charge in [-0.1, -0.05) is 48.6 Å². The quantitative estimate of drug-likeness (QED) is 0.337. The Morgan fingerprint density at radius 2 is 1.93 bits per heavy atom. The smallest absolute Gasteiger partial charge is 0.310 e. The number of rotatable bonds is 6. The third-order valence-electron chi connectivity index (χ3n) is 4.78. The van der Waals surface area contributed by atoms with Crippen molar-refractivity contribution in [3.05, 3.63) is 81.9 Å². The summed E-state index contributed by atoms with van der Waals surface area (Å²) in [6.45, 7) is 1.73. The van der Waals surface area contributed by atoms with E-state index in [1.807, 2.05) is 12.2 Å². The first-order chi connectivity index (χ1) is 14.0. The highest BCUT2D eigenvalue weighted by Gasteiger charge is 2.30. The average Bonchev–Trinajstić information content (AvgIpc) is 2.74. The van der Waals surface area contributed by atoms with E-state index in [0.29, 0.717) is 24.0 Å². The summed E-state index contributed by atoms with van der Waals surface area (Å²) in [5, 5.41) is 13.9. The number of esters is 1. The van der Waals surface area contributed by atoms with Crippen LogP contribution < -0.4 is 5.32 Å². The number of hydrogen-bond acceptors (Lipinski definition) is 5. The molecule has 0 saturated heterocycles. The summed E-state index contributed by atoms with van der Waals surface area (Å²) < 4.78 is 5.58. The van der Waals surface area contributed by atoms with Crippen LogP contribution in [0.25, 0.3) is 0 Å². The maximum Gasteiger partial charge on any atom is 0.310 e. The van der Waals surface area contributed by atoms with Crippen LogP contribution in [0.4, 0.5) is 11.4 Å². The molecule has 1 aliphatic carbocycles. The minimum Gasteiger partial charge on any atom is -0.447 e. The monoisotopic (exact) mass is 394 g/mol. The van der Waals surface area contributed by atoms with Gasteiger partial charge in [0.25, 0.3) is 11.6 Å². The number of nitrogens with one attached hydrogen (secondary N) is 1. The van der Waals surface area contributed by atoms with Crippen LogP contribution in [0.2, 0.25) is 0 Å². The summed E-state index contributed by atoms with van der Waals surface area (Å²) in [5.74, 6) is -1.38. The Bertz CT molecular complexity index is 939. The second-order valence-electron chi connectivity index (χ2n) is 6.98. The molecular weight excluding hydrogens is 372 g/mol. The SMILES string of the molecule is Cc1ccc(NC(=O)C(OC(=O)C2CC=CCC2)c2ccccc2)c([N+](=O)[O-])c1. The molecule has 2 unspecified atom stereocenters. The Kier molecular flexibility index (Phi) is 6.39. The van der Waals surface area contributed by atoms with Crippen LogP contribution in [-0.2, 0) is 14.3 Å². The van der Waals surface area contributed by atoms with Crippen molar-refractivity contribution in [2.45, 2.75) is 32.3 Å². The molecule has 0 radical (unpaired) electrons. The molecule has 2 aromatic carbocycles. The Balaban J connectivity index is 1.84. The topological polar surface area (TPSA) is 98.5 Å². The predicted molar refractivity (Wildman–Crippen MR) is 108 cm³/mol. The first-order valence-electron chi connectivity index (χ1n) is 9.42. The normalized spacial score (nSPS) is 16.7. The molecule has 0 bridgehead atoms. The standard InChI is InChI=1S/C22H22N2O5/c1-15-12-13-18(19(14-15)24(27)28)23-21(25)20(16-8-4-2-5-9-16)29-22(26)17-10-6-3-7-11-17/h2-6,8-9,12-14,17,20H,7,10-11H2,1H3,(H,23,25). The van der Waals surface area contributed by atoms with E-state index in [0.717, 1.165) is 6.42 Å². The molecule has 1 aliphatic rings. The highest BCUT2D eigenvalue weighted by atomic mass is 16.6. The molecule has 3 rings (SSSR count). The Morgan fingerprint density at radius 3 is 2.59 bits per heavy atom. The van der Waals surface area contributed by atoms with Gasteiger partial charge in [0.15, 0.2) is 0 Å². The lowest BCUT2D eigenvalue weighted by Crippen LogP contribution is -2.29. The van der Waals surface area contributed by atoms with Crippen molar-refractivity contribution in [1.82, 2.24) is 0 Å². The number of nitrogens with zero attached hydrogens (tertiary/aromatic N) is 1. The van der Waals surface area contributed by atoms with E-state index < -0.39 is 22.9 Å². The van der Waals surface area contributed by atoms with Crippen LogP contribution in [0.3, 0.4) is 0 Å². The molecule has 0 aliphatic heterocycles. The Labute approximate surface area is 168 Å². The van der Waals surface area contributed by atoms with Gasteiger partial charge in [-0.2, -0.15) is 0 Å². The number of anilines is 1. The minimum atomic E-state index is -1.20. The fraction of sp³-hybridized carbons (Fsp3) is 0.273. The summed E-state index contributed by atoms with van der Waals surface area (Å²) in [6, 6.07) is 13.2. The Hall–Kier alpha value is -3.48. The third kappa shape index (κ3) is 5.07. The van der Waals surface area contributed by atoms with E-state index in [4.69, 9.17) is 4.74 Å². The fourth-order valence-corrected chi connectivity index (χ4v) is 3.22. The number of aryl methyl sites for hydroxylation is 1. The zero-order valence-electron chi connectivity index (χ0n) is 16.0. The minimum absolute atomic E-state index is 0.0585. The number of nitro benzene ring substituents is 1. The summed E-state index contributed by atoms with van der Waals surface area (Å²) in [6.07, 6.45) is 4.78. The number of ether oxygens (including phenoxy) is 1. The molecule has 7 nitrogen and oxygen atoms in total. The van der Waals surface area contributed by atoms with Gasteiger partial charge in [0.05, 0.1) is 10.8 Å². The second-order valence-corrected chi connectivity index (χ2v) is 6.98. The molecule has 29 heavy (non-hydrogen) atoms. The molecule has 1 N–H and O–H groups in total. The van der Waals surface area contributed by atoms with Crippen molar-refractivity contribution in [1.29, 1.82) is 0 Å². The molecule has 0 saturated carbocycles. The summed E-state index contributed by atoms with van der Waals surface area (Å²) in [4.78, 5) is 36.4. The van der Waals surface area contributed by atoms with Gasteiger partial charge in [0.2, 0.25) is 6.10 Å². The van der Waals surface area contributed by atoms with Gasteiger partial charge in [0, 0.05) is 11.6 Å². The molecule has 0 heterocycles. The van der Waals surface area contributed by atoms with Crippen LogP contribution in [-0.4, -0.2) is 16.8 Å². The summed E-state index contributed by atoms with van der Waals surface area (Å²) in [5.41, 5.74) is 1.04. The van der Waals surface area contributed by atoms with Gasteiger partial charge in [0.1, 0.15) is 5.69 Å². The number of carbonyl (C=O) groups is 2. The molecular formula is C22H22N2O5. The lowest BCUT2D eigenvalue weighted by Gasteiger charge is -2.22. The van der Waals surface area contributed by atoms with Crippen LogP contribution in [0, 0.1) is 23.0 Å². The third-order valence-corrected chi connectivity index (χ3v) is 4.78. The highest BCUT2D eigenvalue weighted by molar-refractivity contribution is 5.98. The summed E-state index contributed by atoms with van der Waals surface area (Å²) >= 11 is 0. The van der Waals surface area contributed by atoms with E-state index >= 15 is 0 Å². The molecule has 2 aromatic rings. The van der Waals surface area contributed by atoms with E-state index in [-0.39, 0.29) is 17.3 Å². The van der Waals surface area contributed by atoms with Gasteiger partial charge in [-0.15, -0.1) is 0 Å². The second kappa shape index (κ2) is 9.14. The fourth-order valence-electron chi connectivity index (χ4n) is 3.22. The van der Waals surface area contributed by atoms with Gasteiger partial charge < -0.3 is 10.1 Å². The predicted octanol–water partition coefficient (Wildman–Crippen LogP) is 4.48. The zero-order valence-corrected chi connectivity index (χ0v) is 16.0. The van der Waals surface area contributed by atoms with Crippen molar-refractivity contribution in [3.8, 4) is 0 Å². The van der Waals surface area contributed by atoms with Crippen molar-refractivity contribution < 1.29 is 19.2 Å². The first kappa shape index (κ1) is 20.3. The maximum absolute atomic E-state index is 13.0. The van der Waals surface area contributed by atoms with Crippen LogP contribution >= 0.6 is 0 Å². The van der Waals surface area contributed by atoms with Gasteiger partial charge in [-0.3, -0.25) is 19.7 Å². The van der Waals surface area contributed by atoms with E-state index in [1.54, 1.807) is 43.3 Å². The number of hydrogen-bond donors (Lipinski definition) is 1. The van der Waals surface area contributed by atoms with E-state index in [9.17, 15) is 19.7 Å². The maximum atomic E-state index is 13.0. The highest BCUT2D eigenvalue weighted by Crippen LogP contribution is 2.29. The lowest BCUT2D eigenvalue weighted by atomic mass is 9.94. The van der Waals surface area contributed by atoms with Gasteiger partial charge >= 0.3 is 5.97 Å². The van der Waals surface area contributed by atoms with Crippen molar-refractivity contribution in [2.24, 2.45) is 5.92 Å².